The molecule has 2 N–H and O–H groups in total. The molecule has 1 aromatic carbocycles. The SMILES string of the molecule is C[C@@]1(O)CCCN(C(=O)Nc2cc(Cl)ccc2OCC2CCC2)C1. The molecule has 1 aliphatic carbocycles. The van der Waals surface area contributed by atoms with Gasteiger partial charge >= 0.3 is 6.03 Å². The van der Waals surface area contributed by atoms with E-state index in [1.54, 1.807) is 30.0 Å². The molecule has 1 heterocycles. The van der Waals surface area contributed by atoms with Crippen molar-refractivity contribution < 1.29 is 14.6 Å². The molecule has 132 valence electrons. The maximum atomic E-state index is 12.5. The molecule has 1 saturated carbocycles. The summed E-state index contributed by atoms with van der Waals surface area (Å²) in [5, 5.41) is 13.6. The van der Waals surface area contributed by atoms with Crippen molar-refractivity contribution >= 4 is 23.3 Å². The predicted molar refractivity (Wildman–Crippen MR) is 94.7 cm³/mol. The fourth-order valence-corrected chi connectivity index (χ4v) is 3.35. The molecule has 1 aliphatic heterocycles. The second-order valence-electron chi connectivity index (χ2n) is 7.20. The molecular weight excluding hydrogens is 328 g/mol. The molecule has 0 unspecified atom stereocenters. The summed E-state index contributed by atoms with van der Waals surface area (Å²) < 4.78 is 5.88. The van der Waals surface area contributed by atoms with Crippen molar-refractivity contribution in [2.24, 2.45) is 5.92 Å². The van der Waals surface area contributed by atoms with Crippen LogP contribution in [0.1, 0.15) is 39.0 Å². The smallest absolute Gasteiger partial charge is 0.322 e. The van der Waals surface area contributed by atoms with Crippen molar-refractivity contribution in [3.8, 4) is 5.75 Å². The Balaban J connectivity index is 1.66. The molecule has 24 heavy (non-hydrogen) atoms. The molecular formula is C18H25ClN2O3. The first-order valence-electron chi connectivity index (χ1n) is 8.64. The van der Waals surface area contributed by atoms with Gasteiger partial charge in [-0.1, -0.05) is 18.0 Å². The number of hydrogen-bond donors (Lipinski definition) is 2. The number of rotatable bonds is 4. The first kappa shape index (κ1) is 17.4. The molecule has 1 saturated heterocycles. The van der Waals surface area contributed by atoms with Gasteiger partial charge in [-0.25, -0.2) is 4.79 Å². The van der Waals surface area contributed by atoms with Crippen LogP contribution in [0.2, 0.25) is 5.02 Å². The Morgan fingerprint density at radius 1 is 1.46 bits per heavy atom. The molecule has 6 heteroatoms. The third-order valence-electron chi connectivity index (χ3n) is 4.84. The number of hydrogen-bond acceptors (Lipinski definition) is 3. The van der Waals surface area contributed by atoms with E-state index in [-0.39, 0.29) is 6.03 Å². The number of likely N-dealkylation sites (tertiary alicyclic amines) is 1. The highest BCUT2D eigenvalue weighted by Gasteiger charge is 2.31. The number of carbonyl (C=O) groups excluding carboxylic acids is 1. The zero-order valence-corrected chi connectivity index (χ0v) is 14.8. The van der Waals surface area contributed by atoms with Gasteiger partial charge < -0.3 is 20.1 Å². The van der Waals surface area contributed by atoms with E-state index in [9.17, 15) is 9.90 Å². The summed E-state index contributed by atoms with van der Waals surface area (Å²) in [6, 6.07) is 5.03. The Bertz CT molecular complexity index is 602. The molecule has 0 spiro atoms. The Morgan fingerprint density at radius 2 is 2.25 bits per heavy atom. The van der Waals surface area contributed by atoms with Gasteiger partial charge in [0.15, 0.2) is 0 Å². The zero-order chi connectivity index (χ0) is 17.2. The van der Waals surface area contributed by atoms with Gasteiger partial charge in [0.1, 0.15) is 5.75 Å². The summed E-state index contributed by atoms with van der Waals surface area (Å²) in [5.41, 5.74) is -0.245. The summed E-state index contributed by atoms with van der Waals surface area (Å²) in [4.78, 5) is 14.2. The highest BCUT2D eigenvalue weighted by atomic mass is 35.5. The van der Waals surface area contributed by atoms with Gasteiger partial charge in [-0.15, -0.1) is 0 Å². The molecule has 5 nitrogen and oxygen atoms in total. The number of piperidine rings is 1. The van der Waals surface area contributed by atoms with Crippen molar-refractivity contribution in [1.82, 2.24) is 4.90 Å². The van der Waals surface area contributed by atoms with Gasteiger partial charge in [-0.3, -0.25) is 0 Å². The average Bonchev–Trinajstić information content (AvgIpc) is 2.46. The third kappa shape index (κ3) is 4.33. The quantitative estimate of drug-likeness (QED) is 0.863. The maximum absolute atomic E-state index is 12.5. The van der Waals surface area contributed by atoms with Crippen LogP contribution in [0, 0.1) is 5.92 Å². The highest BCUT2D eigenvalue weighted by molar-refractivity contribution is 6.31. The average molecular weight is 353 g/mol. The molecule has 0 bridgehead atoms. The van der Waals surface area contributed by atoms with Crippen LogP contribution in [0.25, 0.3) is 0 Å². The van der Waals surface area contributed by atoms with Gasteiger partial charge in [0.2, 0.25) is 0 Å². The van der Waals surface area contributed by atoms with E-state index in [0.29, 0.717) is 48.5 Å². The second kappa shape index (κ2) is 7.19. The van der Waals surface area contributed by atoms with E-state index in [4.69, 9.17) is 16.3 Å². The van der Waals surface area contributed by atoms with E-state index < -0.39 is 5.60 Å². The fourth-order valence-electron chi connectivity index (χ4n) is 3.18. The Morgan fingerprint density at radius 3 is 2.92 bits per heavy atom. The van der Waals surface area contributed by atoms with Crippen molar-refractivity contribution in [2.75, 3.05) is 25.0 Å². The van der Waals surface area contributed by atoms with Crippen LogP contribution in [0.4, 0.5) is 10.5 Å². The minimum absolute atomic E-state index is 0.231. The van der Waals surface area contributed by atoms with Crippen molar-refractivity contribution in [3.63, 3.8) is 0 Å². The number of amides is 2. The van der Waals surface area contributed by atoms with Gasteiger partial charge in [0, 0.05) is 11.6 Å². The number of halogens is 1. The predicted octanol–water partition coefficient (Wildman–Crippen LogP) is 3.90. The third-order valence-corrected chi connectivity index (χ3v) is 5.08. The Hall–Kier alpha value is -1.46. The number of aliphatic hydroxyl groups is 1. The molecule has 1 atom stereocenters. The van der Waals surface area contributed by atoms with Crippen LogP contribution < -0.4 is 10.1 Å². The van der Waals surface area contributed by atoms with Crippen molar-refractivity contribution in [2.45, 2.75) is 44.6 Å². The fraction of sp³-hybridized carbons (Fsp3) is 0.611. The Kier molecular flexibility index (Phi) is 5.21. The minimum atomic E-state index is -0.826. The highest BCUT2D eigenvalue weighted by Crippen LogP contribution is 2.32. The summed E-state index contributed by atoms with van der Waals surface area (Å²) >= 11 is 6.07. The second-order valence-corrected chi connectivity index (χ2v) is 7.64. The van der Waals surface area contributed by atoms with Gasteiger partial charge in [-0.05, 0) is 56.7 Å². The topological polar surface area (TPSA) is 61.8 Å². The van der Waals surface area contributed by atoms with E-state index in [1.165, 1.54) is 19.3 Å². The number of benzene rings is 1. The zero-order valence-electron chi connectivity index (χ0n) is 14.1. The van der Waals surface area contributed by atoms with Gasteiger partial charge in [-0.2, -0.15) is 0 Å². The first-order chi connectivity index (χ1) is 11.4. The van der Waals surface area contributed by atoms with Crippen molar-refractivity contribution in [1.29, 1.82) is 0 Å². The van der Waals surface area contributed by atoms with E-state index in [2.05, 4.69) is 5.32 Å². The van der Waals surface area contributed by atoms with Crippen molar-refractivity contribution in [3.05, 3.63) is 23.2 Å². The van der Waals surface area contributed by atoms with E-state index in [0.717, 1.165) is 6.42 Å². The molecule has 2 amide bonds. The number of β-amino-alcohol motifs (C(OH)–C–C–N with tert-alkyl or cyclic N) is 1. The number of nitrogens with one attached hydrogen (secondary N) is 1. The van der Waals surface area contributed by atoms with Gasteiger partial charge in [0.05, 0.1) is 24.4 Å². The first-order valence-corrected chi connectivity index (χ1v) is 9.01. The maximum Gasteiger partial charge on any atom is 0.322 e. The minimum Gasteiger partial charge on any atom is -0.491 e. The van der Waals surface area contributed by atoms with Crippen LogP contribution in [0.15, 0.2) is 18.2 Å². The summed E-state index contributed by atoms with van der Waals surface area (Å²) in [5.74, 6) is 1.25. The van der Waals surface area contributed by atoms with Crippen LogP contribution in [0.5, 0.6) is 5.75 Å². The lowest BCUT2D eigenvalue weighted by atomic mass is 9.86. The molecule has 0 radical (unpaired) electrons. The van der Waals surface area contributed by atoms with E-state index in [1.807, 2.05) is 0 Å². The lowest BCUT2D eigenvalue weighted by Crippen LogP contribution is -2.50. The van der Waals surface area contributed by atoms with Crippen LogP contribution in [-0.2, 0) is 0 Å². The normalized spacial score (nSPS) is 24.4. The molecule has 0 aromatic heterocycles. The van der Waals surface area contributed by atoms with Gasteiger partial charge in [0.25, 0.3) is 0 Å². The standard InChI is InChI=1S/C18H25ClN2O3/c1-18(23)8-3-9-21(12-18)17(22)20-15-10-14(19)6-7-16(15)24-11-13-4-2-5-13/h6-7,10,13,23H,2-5,8-9,11-12H2,1H3,(H,20,22)/t18-/m1/s1. The van der Waals surface area contributed by atoms with Crippen LogP contribution >= 0.6 is 11.6 Å². The van der Waals surface area contributed by atoms with Crippen LogP contribution in [0.3, 0.4) is 0 Å². The lowest BCUT2D eigenvalue weighted by molar-refractivity contribution is -0.000641. The molecule has 2 fully saturated rings. The van der Waals surface area contributed by atoms with E-state index >= 15 is 0 Å². The van der Waals surface area contributed by atoms with Crippen LogP contribution in [-0.4, -0.2) is 41.3 Å². The Labute approximate surface area is 147 Å². The number of urea groups is 1. The number of anilines is 1. The number of nitrogens with zero attached hydrogens (tertiary/aromatic N) is 1. The summed E-state index contributed by atoms with van der Waals surface area (Å²) in [6.07, 6.45) is 5.19. The summed E-state index contributed by atoms with van der Waals surface area (Å²) in [6.45, 7) is 3.40. The monoisotopic (exact) mass is 352 g/mol. The molecule has 3 rings (SSSR count). The lowest BCUT2D eigenvalue weighted by Gasteiger charge is -2.36. The number of ether oxygens (including phenoxy) is 1. The molecule has 2 aliphatic rings. The summed E-state index contributed by atoms with van der Waals surface area (Å²) in [7, 11) is 0. The molecule has 1 aromatic rings. The largest absolute Gasteiger partial charge is 0.491 e. The number of carbonyl (C=O) groups is 1.